The first-order chi connectivity index (χ1) is 11.6. The zero-order chi connectivity index (χ0) is 16.9. The molecule has 0 bridgehead atoms. The van der Waals surface area contributed by atoms with Gasteiger partial charge < -0.3 is 14.8 Å². The number of carbonyl (C=O) groups excluding carboxylic acids is 1. The molecule has 122 valence electrons. The molecule has 2 heterocycles. The van der Waals surface area contributed by atoms with Crippen molar-refractivity contribution in [1.29, 1.82) is 0 Å². The molecule has 3 rings (SSSR count). The molecule has 0 saturated heterocycles. The Bertz CT molecular complexity index is 864. The summed E-state index contributed by atoms with van der Waals surface area (Å²) >= 11 is 0. The van der Waals surface area contributed by atoms with E-state index in [1.165, 1.54) is 24.5 Å². The molecule has 3 aromatic rings. The predicted molar refractivity (Wildman–Crippen MR) is 84.7 cm³/mol. The number of aromatic hydroxyl groups is 1. The van der Waals surface area contributed by atoms with Crippen LogP contribution in [0.2, 0.25) is 0 Å². The molecule has 7 heteroatoms. The van der Waals surface area contributed by atoms with Crippen LogP contribution in [0.15, 0.2) is 53.2 Å². The maximum Gasteiger partial charge on any atom is 0.226 e. The molecule has 0 atom stereocenters. The molecule has 0 saturated carbocycles. The van der Waals surface area contributed by atoms with E-state index >= 15 is 0 Å². The van der Waals surface area contributed by atoms with E-state index in [4.69, 9.17) is 4.42 Å². The Morgan fingerprint density at radius 3 is 2.83 bits per heavy atom. The van der Waals surface area contributed by atoms with Crippen LogP contribution >= 0.6 is 0 Å². The maximum atomic E-state index is 13.7. The lowest BCUT2D eigenvalue weighted by Gasteiger charge is -2.04. The number of aromatic nitrogens is 2. The lowest BCUT2D eigenvalue weighted by Crippen LogP contribution is -2.13. The summed E-state index contributed by atoms with van der Waals surface area (Å²) in [7, 11) is 0. The van der Waals surface area contributed by atoms with E-state index < -0.39 is 5.82 Å². The van der Waals surface area contributed by atoms with Gasteiger partial charge in [0.1, 0.15) is 5.82 Å². The van der Waals surface area contributed by atoms with E-state index in [1.54, 1.807) is 24.3 Å². The molecular formula is C17H14FN3O3. The van der Waals surface area contributed by atoms with Crippen molar-refractivity contribution >= 4 is 11.7 Å². The van der Waals surface area contributed by atoms with Crippen molar-refractivity contribution in [2.24, 2.45) is 0 Å². The number of amides is 1. The normalized spacial score (nSPS) is 10.5. The summed E-state index contributed by atoms with van der Waals surface area (Å²) in [5.41, 5.74) is 0.319. The van der Waals surface area contributed by atoms with Crippen LogP contribution in [0.1, 0.15) is 12.3 Å². The molecule has 6 nitrogen and oxygen atoms in total. The number of benzene rings is 1. The average Bonchev–Trinajstić information content (AvgIpc) is 3.04. The fourth-order valence-corrected chi connectivity index (χ4v) is 2.12. The van der Waals surface area contributed by atoms with E-state index in [1.807, 2.05) is 0 Å². The van der Waals surface area contributed by atoms with Crippen LogP contribution in [-0.2, 0) is 11.2 Å². The van der Waals surface area contributed by atoms with Crippen molar-refractivity contribution in [1.82, 2.24) is 9.97 Å². The van der Waals surface area contributed by atoms with Crippen molar-refractivity contribution in [3.8, 4) is 17.1 Å². The first-order valence-corrected chi connectivity index (χ1v) is 7.27. The summed E-state index contributed by atoms with van der Waals surface area (Å²) in [5, 5.41) is 12.1. The van der Waals surface area contributed by atoms with Crippen molar-refractivity contribution in [2.75, 3.05) is 5.32 Å². The highest BCUT2D eigenvalue weighted by Crippen LogP contribution is 2.24. The Morgan fingerprint density at radius 1 is 1.21 bits per heavy atom. The molecular weight excluding hydrogens is 313 g/mol. The second-order valence-electron chi connectivity index (χ2n) is 5.02. The number of nitrogens with one attached hydrogen (secondary N) is 1. The summed E-state index contributed by atoms with van der Waals surface area (Å²) in [6.07, 6.45) is 3.22. The number of nitrogens with zero attached hydrogens (tertiary/aromatic N) is 2. The Hall–Kier alpha value is -3.22. The zero-order valence-electron chi connectivity index (χ0n) is 12.6. The lowest BCUT2D eigenvalue weighted by molar-refractivity contribution is -0.116. The summed E-state index contributed by atoms with van der Waals surface area (Å²) in [5.74, 6) is -0.108. The van der Waals surface area contributed by atoms with Gasteiger partial charge in [-0.25, -0.2) is 14.4 Å². The van der Waals surface area contributed by atoms with Gasteiger partial charge in [0.05, 0.1) is 11.8 Å². The van der Waals surface area contributed by atoms with Crippen molar-refractivity contribution in [3.05, 3.63) is 60.5 Å². The minimum Gasteiger partial charge on any atom is -0.504 e. The van der Waals surface area contributed by atoms with E-state index in [-0.39, 0.29) is 30.3 Å². The van der Waals surface area contributed by atoms with E-state index in [9.17, 15) is 14.3 Å². The van der Waals surface area contributed by atoms with Crippen LogP contribution in [-0.4, -0.2) is 21.0 Å². The van der Waals surface area contributed by atoms with Gasteiger partial charge in [-0.1, -0.05) is 12.1 Å². The first-order valence-electron chi connectivity index (χ1n) is 7.27. The average molecular weight is 327 g/mol. The number of pyridine rings is 1. The number of hydrogen-bond acceptors (Lipinski definition) is 5. The maximum absolute atomic E-state index is 13.7. The van der Waals surface area contributed by atoms with Gasteiger partial charge in [0.25, 0.3) is 0 Å². The van der Waals surface area contributed by atoms with Gasteiger partial charge in [0.2, 0.25) is 5.91 Å². The Balaban J connectivity index is 1.61. The van der Waals surface area contributed by atoms with Crippen molar-refractivity contribution in [2.45, 2.75) is 12.8 Å². The van der Waals surface area contributed by atoms with Gasteiger partial charge in [-0.05, 0) is 24.3 Å². The lowest BCUT2D eigenvalue weighted by atomic mass is 10.2. The van der Waals surface area contributed by atoms with Crippen LogP contribution in [0.5, 0.6) is 5.75 Å². The van der Waals surface area contributed by atoms with Crippen LogP contribution in [0.4, 0.5) is 10.2 Å². The van der Waals surface area contributed by atoms with Gasteiger partial charge in [-0.3, -0.25) is 4.79 Å². The number of rotatable bonds is 5. The van der Waals surface area contributed by atoms with E-state index in [0.29, 0.717) is 17.2 Å². The highest BCUT2D eigenvalue weighted by molar-refractivity contribution is 5.91. The number of halogens is 1. The molecule has 1 aromatic carbocycles. The van der Waals surface area contributed by atoms with E-state index in [2.05, 4.69) is 15.3 Å². The molecule has 2 aromatic heterocycles. The molecule has 0 aliphatic carbocycles. The quantitative estimate of drug-likeness (QED) is 0.751. The summed E-state index contributed by atoms with van der Waals surface area (Å²) < 4.78 is 19.2. The van der Waals surface area contributed by atoms with Gasteiger partial charge >= 0.3 is 0 Å². The predicted octanol–water partition coefficient (Wildman–Crippen LogP) is 3.15. The van der Waals surface area contributed by atoms with Crippen LogP contribution in [0.25, 0.3) is 11.3 Å². The number of aryl methyl sites for hydroxylation is 1. The Morgan fingerprint density at radius 2 is 2.04 bits per heavy atom. The number of carbonyl (C=O) groups is 1. The van der Waals surface area contributed by atoms with E-state index in [0.717, 1.165) is 0 Å². The Kier molecular flexibility index (Phi) is 4.51. The third-order valence-electron chi connectivity index (χ3n) is 3.30. The molecule has 0 unspecified atom stereocenters. The fraction of sp³-hybridized carbons (Fsp3) is 0.118. The topological polar surface area (TPSA) is 88.3 Å². The van der Waals surface area contributed by atoms with Crippen LogP contribution in [0.3, 0.4) is 0 Å². The van der Waals surface area contributed by atoms with Crippen molar-refractivity contribution < 1.29 is 18.7 Å². The molecule has 0 radical (unpaired) electrons. The Labute approximate surface area is 137 Å². The van der Waals surface area contributed by atoms with Crippen LogP contribution < -0.4 is 5.32 Å². The third-order valence-corrected chi connectivity index (χ3v) is 3.30. The highest BCUT2D eigenvalue weighted by atomic mass is 19.1. The molecule has 1 amide bonds. The minimum atomic E-state index is -0.399. The fourth-order valence-electron chi connectivity index (χ4n) is 2.12. The van der Waals surface area contributed by atoms with Crippen molar-refractivity contribution in [3.63, 3.8) is 0 Å². The molecule has 0 fully saturated rings. The summed E-state index contributed by atoms with van der Waals surface area (Å²) in [6, 6.07) is 9.21. The first kappa shape index (κ1) is 15.7. The minimum absolute atomic E-state index is 0.0905. The number of hydrogen-bond donors (Lipinski definition) is 2. The molecule has 0 aliphatic rings. The second-order valence-corrected chi connectivity index (χ2v) is 5.02. The van der Waals surface area contributed by atoms with Gasteiger partial charge in [0.15, 0.2) is 23.2 Å². The van der Waals surface area contributed by atoms with Gasteiger partial charge in [-0.2, -0.15) is 0 Å². The summed E-state index contributed by atoms with van der Waals surface area (Å²) in [6.45, 7) is 0. The highest BCUT2D eigenvalue weighted by Gasteiger charge is 2.12. The monoisotopic (exact) mass is 327 g/mol. The zero-order valence-corrected chi connectivity index (χ0v) is 12.6. The van der Waals surface area contributed by atoms with Crippen LogP contribution in [0, 0.1) is 5.82 Å². The third kappa shape index (κ3) is 3.57. The number of anilines is 1. The molecule has 0 aliphatic heterocycles. The standard InChI is InChI=1S/C17H14FN3O3/c18-12-5-2-1-4-11(12)14-10-20-16(24-14)8-7-15(23)21-17-13(22)6-3-9-19-17/h1-6,9-10,22H,7-8H2,(H,19,21,23). The molecule has 24 heavy (non-hydrogen) atoms. The summed E-state index contributed by atoms with van der Waals surface area (Å²) in [4.78, 5) is 19.8. The molecule has 0 spiro atoms. The second kappa shape index (κ2) is 6.91. The molecule has 2 N–H and O–H groups in total. The van der Waals surface area contributed by atoms with Gasteiger partial charge in [-0.15, -0.1) is 0 Å². The largest absolute Gasteiger partial charge is 0.504 e. The van der Waals surface area contributed by atoms with Gasteiger partial charge in [0, 0.05) is 19.0 Å². The SMILES string of the molecule is O=C(CCc1ncc(-c2ccccc2F)o1)Nc1ncccc1O. The number of oxazole rings is 1. The smallest absolute Gasteiger partial charge is 0.226 e.